The van der Waals surface area contributed by atoms with E-state index in [2.05, 4.69) is 12.6 Å². The Kier molecular flexibility index (Phi) is 5.56. The fourth-order valence-corrected chi connectivity index (χ4v) is 1.38. The average Bonchev–Trinajstić information content (AvgIpc) is 2.34. The lowest BCUT2D eigenvalue weighted by molar-refractivity contribution is -0.137. The Bertz CT molecular complexity index is 462. The minimum atomic E-state index is -4.21. The first kappa shape index (κ1) is 14.9. The van der Waals surface area contributed by atoms with Crippen molar-refractivity contribution in [1.29, 1.82) is 0 Å². The number of hydrogen-bond donors (Lipinski definition) is 1. The molecule has 96 valence electrons. The smallest absolute Gasteiger partial charge is 0.166 e. The normalized spacial score (nSPS) is 10.5. The van der Waals surface area contributed by atoms with Gasteiger partial charge in [-0.1, -0.05) is 54.1 Å². The van der Waals surface area contributed by atoms with Crippen LogP contribution in [-0.4, -0.2) is 0 Å². The third-order valence-corrected chi connectivity index (χ3v) is 2.80. The van der Waals surface area contributed by atoms with Crippen molar-refractivity contribution in [2.45, 2.75) is 11.1 Å². The summed E-state index contributed by atoms with van der Waals surface area (Å²) in [7, 11) is 0. The van der Waals surface area contributed by atoms with Gasteiger partial charge in [0.05, 0.1) is 10.6 Å². The Hall–Kier alpha value is -1.13. The molecule has 0 aliphatic rings. The van der Waals surface area contributed by atoms with E-state index in [-0.39, 0.29) is 0 Å². The van der Waals surface area contributed by atoms with Crippen molar-refractivity contribution >= 4 is 24.2 Å². The van der Waals surface area contributed by atoms with E-state index in [0.717, 1.165) is 17.0 Å². The second-order valence-electron chi connectivity index (χ2n) is 3.32. The average molecular weight is 291 g/mol. The first-order valence-electron chi connectivity index (χ1n) is 4.97. The molecule has 0 saturated carbocycles. The Labute approximate surface area is 114 Å². The summed E-state index contributed by atoms with van der Waals surface area (Å²) < 4.78 is 35.4. The number of benzene rings is 2. The molecule has 0 bridgehead atoms. The third-order valence-electron chi connectivity index (χ3n) is 1.95. The molecule has 0 N–H and O–H groups in total. The summed E-state index contributed by atoms with van der Waals surface area (Å²) in [5.74, 6) is 0. The van der Waals surface area contributed by atoms with Crippen molar-refractivity contribution in [3.8, 4) is 0 Å². The molecule has 0 fully saturated rings. The number of hydrogen-bond acceptors (Lipinski definition) is 1. The van der Waals surface area contributed by atoms with Gasteiger partial charge in [-0.2, -0.15) is 13.2 Å². The molecule has 2 aromatic rings. The fourth-order valence-electron chi connectivity index (χ4n) is 1.08. The van der Waals surface area contributed by atoms with Crippen molar-refractivity contribution in [1.82, 2.24) is 0 Å². The Morgan fingerprint density at radius 2 is 1.33 bits per heavy atom. The predicted octanol–water partition coefficient (Wildman–Crippen LogP) is 5.33. The lowest BCUT2D eigenvalue weighted by atomic mass is 10.2. The van der Waals surface area contributed by atoms with Crippen molar-refractivity contribution in [3.63, 3.8) is 0 Å². The van der Waals surface area contributed by atoms with E-state index in [1.807, 2.05) is 24.3 Å². The van der Waals surface area contributed by atoms with E-state index in [1.165, 1.54) is 12.1 Å². The Morgan fingerprint density at radius 3 is 1.67 bits per heavy atom. The first-order chi connectivity index (χ1) is 8.41. The molecular weight excluding hydrogens is 281 g/mol. The van der Waals surface area contributed by atoms with Gasteiger partial charge in [0.1, 0.15) is 0 Å². The maximum atomic E-state index is 11.8. The number of alkyl halides is 3. The van der Waals surface area contributed by atoms with Gasteiger partial charge in [0, 0.05) is 4.90 Å². The van der Waals surface area contributed by atoms with Crippen LogP contribution in [0.4, 0.5) is 13.2 Å². The minimum absolute atomic E-state index is 0.602. The van der Waals surface area contributed by atoms with E-state index < -0.39 is 11.7 Å². The van der Waals surface area contributed by atoms with Crippen LogP contribution in [0.5, 0.6) is 0 Å². The molecule has 2 rings (SSSR count). The first-order valence-corrected chi connectivity index (χ1v) is 5.79. The molecule has 18 heavy (non-hydrogen) atoms. The zero-order valence-corrected chi connectivity index (χ0v) is 10.8. The molecule has 0 unspecified atom stereocenters. The standard InChI is InChI=1S/C7H5F3.C6H5ClS/c8-7(9,10)6-4-2-1-3-5-6;7-5-3-1-2-4-6(5)8/h1-5H;1-4,8H. The molecule has 5 heteroatoms. The monoisotopic (exact) mass is 290 g/mol. The van der Waals surface area contributed by atoms with Crippen LogP contribution in [0.2, 0.25) is 5.02 Å². The van der Waals surface area contributed by atoms with Gasteiger partial charge in [-0.05, 0) is 12.1 Å². The highest BCUT2D eigenvalue weighted by molar-refractivity contribution is 7.80. The maximum Gasteiger partial charge on any atom is 0.416 e. The van der Waals surface area contributed by atoms with Gasteiger partial charge >= 0.3 is 6.18 Å². The molecule has 0 aromatic heterocycles. The number of thiol groups is 1. The maximum absolute atomic E-state index is 11.8. The SMILES string of the molecule is FC(F)(F)c1ccccc1.Sc1ccccc1Cl. The fraction of sp³-hybridized carbons (Fsp3) is 0.0769. The van der Waals surface area contributed by atoms with Crippen LogP contribution >= 0.6 is 24.2 Å². The van der Waals surface area contributed by atoms with Crippen molar-refractivity contribution in [2.75, 3.05) is 0 Å². The van der Waals surface area contributed by atoms with E-state index in [4.69, 9.17) is 11.6 Å². The molecule has 0 nitrogen and oxygen atoms in total. The highest BCUT2D eigenvalue weighted by atomic mass is 35.5. The van der Waals surface area contributed by atoms with E-state index in [9.17, 15) is 13.2 Å². The minimum Gasteiger partial charge on any atom is -0.166 e. The number of halogens is 4. The van der Waals surface area contributed by atoms with E-state index in [1.54, 1.807) is 6.07 Å². The molecule has 0 saturated heterocycles. The molecule has 2 aromatic carbocycles. The Balaban J connectivity index is 0.000000184. The van der Waals surface area contributed by atoms with Gasteiger partial charge in [0.25, 0.3) is 0 Å². The molecule has 0 heterocycles. The second-order valence-corrected chi connectivity index (χ2v) is 4.20. The molecule has 0 aliphatic heterocycles. The van der Waals surface area contributed by atoms with Crippen molar-refractivity contribution in [2.24, 2.45) is 0 Å². The van der Waals surface area contributed by atoms with E-state index >= 15 is 0 Å². The summed E-state index contributed by atoms with van der Waals surface area (Å²) in [6.45, 7) is 0. The van der Waals surface area contributed by atoms with Crippen molar-refractivity contribution in [3.05, 3.63) is 65.2 Å². The van der Waals surface area contributed by atoms with Gasteiger partial charge in [0.15, 0.2) is 0 Å². The highest BCUT2D eigenvalue weighted by Crippen LogP contribution is 2.28. The van der Waals surface area contributed by atoms with Gasteiger partial charge in [0.2, 0.25) is 0 Å². The highest BCUT2D eigenvalue weighted by Gasteiger charge is 2.29. The molecule has 0 atom stereocenters. The molecular formula is C13H10ClF3S. The van der Waals surface area contributed by atoms with Crippen LogP contribution in [0.3, 0.4) is 0 Å². The van der Waals surface area contributed by atoms with Crippen LogP contribution in [0.1, 0.15) is 5.56 Å². The lowest BCUT2D eigenvalue weighted by Crippen LogP contribution is -2.03. The van der Waals surface area contributed by atoms with Crippen LogP contribution in [-0.2, 0) is 6.18 Å². The summed E-state index contributed by atoms with van der Waals surface area (Å²) in [4.78, 5) is 0.828. The van der Waals surface area contributed by atoms with Gasteiger partial charge in [-0.15, -0.1) is 12.6 Å². The molecule has 0 aliphatic carbocycles. The predicted molar refractivity (Wildman–Crippen MR) is 70.1 cm³/mol. The largest absolute Gasteiger partial charge is 0.416 e. The summed E-state index contributed by atoms with van der Waals surface area (Å²) in [6.07, 6.45) is -4.21. The number of rotatable bonds is 0. The Morgan fingerprint density at radius 1 is 0.833 bits per heavy atom. The molecule has 0 spiro atoms. The quantitative estimate of drug-likeness (QED) is 0.623. The lowest BCUT2D eigenvalue weighted by Gasteiger charge is -2.03. The van der Waals surface area contributed by atoms with E-state index in [0.29, 0.717) is 5.02 Å². The summed E-state index contributed by atoms with van der Waals surface area (Å²) >= 11 is 9.70. The topological polar surface area (TPSA) is 0 Å². The third kappa shape index (κ3) is 5.02. The van der Waals surface area contributed by atoms with Gasteiger partial charge < -0.3 is 0 Å². The molecule has 0 amide bonds. The van der Waals surface area contributed by atoms with Crippen molar-refractivity contribution < 1.29 is 13.2 Å². The molecule has 0 radical (unpaired) electrons. The van der Waals surface area contributed by atoms with Crippen LogP contribution in [0.15, 0.2) is 59.5 Å². The van der Waals surface area contributed by atoms with Crippen LogP contribution in [0.25, 0.3) is 0 Å². The second kappa shape index (κ2) is 6.71. The summed E-state index contributed by atoms with van der Waals surface area (Å²) in [6, 6.07) is 13.8. The van der Waals surface area contributed by atoms with Gasteiger partial charge in [-0.3, -0.25) is 0 Å². The van der Waals surface area contributed by atoms with Crippen LogP contribution < -0.4 is 0 Å². The summed E-state index contributed by atoms with van der Waals surface area (Å²) in [5.41, 5.74) is -0.602. The zero-order valence-electron chi connectivity index (χ0n) is 9.16. The van der Waals surface area contributed by atoms with Crippen LogP contribution in [0, 0.1) is 0 Å². The van der Waals surface area contributed by atoms with Gasteiger partial charge in [-0.25, -0.2) is 0 Å². The zero-order chi connectivity index (χ0) is 13.6. The summed E-state index contributed by atoms with van der Waals surface area (Å²) in [5, 5.41) is 0.704.